The molecule has 5 nitrogen and oxygen atoms in total. The number of benzene rings is 1. The third-order valence-electron chi connectivity index (χ3n) is 3.92. The van der Waals surface area contributed by atoms with Gasteiger partial charge >= 0.3 is 5.97 Å². The van der Waals surface area contributed by atoms with Gasteiger partial charge in [0.1, 0.15) is 11.3 Å². The van der Waals surface area contributed by atoms with Gasteiger partial charge in [0.15, 0.2) is 6.10 Å². The van der Waals surface area contributed by atoms with Crippen molar-refractivity contribution in [1.82, 2.24) is 4.90 Å². The Morgan fingerprint density at radius 2 is 1.82 bits per heavy atom. The number of ether oxygens (including phenoxy) is 1. The fourth-order valence-corrected chi connectivity index (χ4v) is 2.64. The van der Waals surface area contributed by atoms with E-state index in [1.54, 1.807) is 24.0 Å². The van der Waals surface area contributed by atoms with Crippen LogP contribution in [0, 0.1) is 6.92 Å². The van der Waals surface area contributed by atoms with E-state index < -0.39 is 12.1 Å². The molecule has 0 bridgehead atoms. The predicted molar refractivity (Wildman–Crippen MR) is 82.8 cm³/mol. The second kappa shape index (κ2) is 7.29. The summed E-state index contributed by atoms with van der Waals surface area (Å²) >= 11 is 0. The molecule has 1 aromatic rings. The van der Waals surface area contributed by atoms with Gasteiger partial charge in [-0.2, -0.15) is 0 Å². The Morgan fingerprint density at radius 3 is 2.45 bits per heavy atom. The van der Waals surface area contributed by atoms with Crippen LogP contribution in [0.1, 0.15) is 48.5 Å². The van der Waals surface area contributed by atoms with Gasteiger partial charge in [0.05, 0.1) is 0 Å². The lowest BCUT2D eigenvalue weighted by Crippen LogP contribution is -2.40. The van der Waals surface area contributed by atoms with Crippen LogP contribution in [-0.2, 0) is 9.53 Å². The number of nitrogens with zero attached hydrogens (tertiary/aromatic N) is 1. The van der Waals surface area contributed by atoms with E-state index in [2.05, 4.69) is 0 Å². The Morgan fingerprint density at radius 1 is 1.18 bits per heavy atom. The summed E-state index contributed by atoms with van der Waals surface area (Å²) in [5.41, 5.74) is 0.937. The molecule has 1 unspecified atom stereocenters. The van der Waals surface area contributed by atoms with Gasteiger partial charge in [0.2, 0.25) is 0 Å². The van der Waals surface area contributed by atoms with Crippen molar-refractivity contribution in [3.63, 3.8) is 0 Å². The normalized spacial score (nSPS) is 16.7. The van der Waals surface area contributed by atoms with Crippen LogP contribution in [0.15, 0.2) is 18.2 Å². The van der Waals surface area contributed by atoms with Crippen LogP contribution in [0.2, 0.25) is 0 Å². The van der Waals surface area contributed by atoms with Crippen LogP contribution < -0.4 is 0 Å². The monoisotopic (exact) mass is 305 g/mol. The SMILES string of the molecule is Cc1ccc(O)c(C(=O)OC(C)C(=O)N2CCCCCC2)c1. The van der Waals surface area contributed by atoms with E-state index in [-0.39, 0.29) is 17.2 Å². The number of phenolic OH excluding ortho intramolecular Hbond substituents is 1. The van der Waals surface area contributed by atoms with Gasteiger partial charge in [-0.3, -0.25) is 4.79 Å². The van der Waals surface area contributed by atoms with E-state index in [0.717, 1.165) is 44.3 Å². The first-order valence-electron chi connectivity index (χ1n) is 7.78. The maximum atomic E-state index is 12.4. The number of carbonyl (C=O) groups is 2. The molecule has 1 aromatic carbocycles. The van der Waals surface area contributed by atoms with E-state index in [4.69, 9.17) is 4.74 Å². The molecule has 5 heteroatoms. The van der Waals surface area contributed by atoms with Crippen molar-refractivity contribution in [1.29, 1.82) is 0 Å². The van der Waals surface area contributed by atoms with Gasteiger partial charge in [-0.05, 0) is 38.8 Å². The van der Waals surface area contributed by atoms with E-state index in [1.807, 2.05) is 6.92 Å². The molecule has 1 atom stereocenters. The molecule has 1 saturated heterocycles. The van der Waals surface area contributed by atoms with Gasteiger partial charge in [-0.25, -0.2) is 4.79 Å². The van der Waals surface area contributed by atoms with Crippen molar-refractivity contribution in [2.45, 2.75) is 45.6 Å². The average molecular weight is 305 g/mol. The van der Waals surface area contributed by atoms with Crippen molar-refractivity contribution >= 4 is 11.9 Å². The molecule has 0 aromatic heterocycles. The molecule has 0 spiro atoms. The van der Waals surface area contributed by atoms with Crippen LogP contribution >= 0.6 is 0 Å². The lowest BCUT2D eigenvalue weighted by Gasteiger charge is -2.24. The summed E-state index contributed by atoms with van der Waals surface area (Å²) < 4.78 is 5.24. The molecule has 0 radical (unpaired) electrons. The van der Waals surface area contributed by atoms with E-state index in [0.29, 0.717) is 0 Å². The molecule has 1 N–H and O–H groups in total. The smallest absolute Gasteiger partial charge is 0.342 e. The summed E-state index contributed by atoms with van der Waals surface area (Å²) in [7, 11) is 0. The topological polar surface area (TPSA) is 66.8 Å². The molecule has 1 aliphatic rings. The maximum Gasteiger partial charge on any atom is 0.342 e. The molecular formula is C17H23NO4. The number of carbonyl (C=O) groups excluding carboxylic acids is 2. The Kier molecular flexibility index (Phi) is 5.41. The molecule has 2 rings (SSSR count). The molecule has 22 heavy (non-hydrogen) atoms. The number of rotatable bonds is 3. The molecule has 0 aliphatic carbocycles. The van der Waals surface area contributed by atoms with Gasteiger partial charge in [0, 0.05) is 13.1 Å². The second-order valence-corrected chi connectivity index (χ2v) is 5.81. The second-order valence-electron chi connectivity index (χ2n) is 5.81. The van der Waals surface area contributed by atoms with E-state index in [9.17, 15) is 14.7 Å². The number of aromatic hydroxyl groups is 1. The Bertz CT molecular complexity index is 548. The molecule has 1 fully saturated rings. The number of aryl methyl sites for hydroxylation is 1. The summed E-state index contributed by atoms with van der Waals surface area (Å²) in [5, 5.41) is 9.75. The first-order chi connectivity index (χ1) is 10.5. The Labute approximate surface area is 130 Å². The first-order valence-corrected chi connectivity index (χ1v) is 7.78. The minimum absolute atomic E-state index is 0.0931. The van der Waals surface area contributed by atoms with Crippen molar-refractivity contribution < 1.29 is 19.4 Å². The Hall–Kier alpha value is -2.04. The fourth-order valence-electron chi connectivity index (χ4n) is 2.64. The maximum absolute atomic E-state index is 12.4. The number of hydrogen-bond donors (Lipinski definition) is 1. The molecule has 0 saturated carbocycles. The summed E-state index contributed by atoms with van der Waals surface area (Å²) in [6, 6.07) is 4.71. The number of likely N-dealkylation sites (tertiary alicyclic amines) is 1. The zero-order chi connectivity index (χ0) is 16.1. The summed E-state index contributed by atoms with van der Waals surface area (Å²) in [6.07, 6.45) is 3.41. The molecular weight excluding hydrogens is 282 g/mol. The van der Waals surface area contributed by atoms with Crippen LogP contribution in [0.25, 0.3) is 0 Å². The molecule has 1 amide bonds. The first kappa shape index (κ1) is 16.3. The zero-order valence-corrected chi connectivity index (χ0v) is 13.2. The van der Waals surface area contributed by atoms with Crippen LogP contribution in [0.5, 0.6) is 5.75 Å². The minimum Gasteiger partial charge on any atom is -0.507 e. The fraction of sp³-hybridized carbons (Fsp3) is 0.529. The third kappa shape index (κ3) is 4.00. The highest BCUT2D eigenvalue weighted by molar-refractivity contribution is 5.94. The van der Waals surface area contributed by atoms with Gasteiger partial charge < -0.3 is 14.7 Å². The lowest BCUT2D eigenvalue weighted by atomic mass is 10.1. The zero-order valence-electron chi connectivity index (χ0n) is 13.2. The van der Waals surface area contributed by atoms with E-state index in [1.165, 1.54) is 6.07 Å². The van der Waals surface area contributed by atoms with Crippen molar-refractivity contribution in [3.8, 4) is 5.75 Å². The highest BCUT2D eigenvalue weighted by Gasteiger charge is 2.25. The number of phenols is 1. The highest BCUT2D eigenvalue weighted by atomic mass is 16.5. The third-order valence-corrected chi connectivity index (χ3v) is 3.92. The standard InChI is InChI=1S/C17H23NO4/c1-12-7-8-15(19)14(11-12)17(21)22-13(2)16(20)18-9-5-3-4-6-10-18/h7-8,11,13,19H,3-6,9-10H2,1-2H3. The lowest BCUT2D eigenvalue weighted by molar-refractivity contribution is -0.139. The largest absolute Gasteiger partial charge is 0.507 e. The van der Waals surface area contributed by atoms with Crippen LogP contribution in [-0.4, -0.2) is 41.1 Å². The van der Waals surface area contributed by atoms with Crippen molar-refractivity contribution in [2.75, 3.05) is 13.1 Å². The molecule has 1 aliphatic heterocycles. The average Bonchev–Trinajstić information content (AvgIpc) is 2.77. The molecule has 120 valence electrons. The number of hydrogen-bond acceptors (Lipinski definition) is 4. The quantitative estimate of drug-likeness (QED) is 0.872. The number of amides is 1. The minimum atomic E-state index is -0.842. The highest BCUT2D eigenvalue weighted by Crippen LogP contribution is 2.20. The summed E-state index contributed by atoms with van der Waals surface area (Å²) in [6.45, 7) is 4.84. The van der Waals surface area contributed by atoms with Crippen LogP contribution in [0.4, 0.5) is 0 Å². The Balaban J connectivity index is 2.01. The summed E-state index contributed by atoms with van der Waals surface area (Å²) in [5.74, 6) is -0.968. The van der Waals surface area contributed by atoms with Gasteiger partial charge in [-0.1, -0.05) is 24.5 Å². The van der Waals surface area contributed by atoms with Crippen LogP contribution in [0.3, 0.4) is 0 Å². The predicted octanol–water partition coefficient (Wildman–Crippen LogP) is 2.65. The number of esters is 1. The van der Waals surface area contributed by atoms with Gasteiger partial charge in [0.25, 0.3) is 5.91 Å². The van der Waals surface area contributed by atoms with Gasteiger partial charge in [-0.15, -0.1) is 0 Å². The van der Waals surface area contributed by atoms with Crippen molar-refractivity contribution in [3.05, 3.63) is 29.3 Å². The summed E-state index contributed by atoms with van der Waals surface area (Å²) in [4.78, 5) is 26.3. The van der Waals surface area contributed by atoms with E-state index >= 15 is 0 Å². The van der Waals surface area contributed by atoms with Crippen molar-refractivity contribution in [2.24, 2.45) is 0 Å². The molecule has 1 heterocycles.